The Morgan fingerprint density at radius 1 is 1.19 bits per heavy atom. The van der Waals surface area contributed by atoms with Gasteiger partial charge in [0.25, 0.3) is 0 Å². The highest BCUT2D eigenvalue weighted by molar-refractivity contribution is 5.79. The zero-order valence-electron chi connectivity index (χ0n) is 16.8. The van der Waals surface area contributed by atoms with E-state index >= 15 is 0 Å². The molecule has 2 N–H and O–H groups in total. The van der Waals surface area contributed by atoms with Crippen molar-refractivity contribution < 1.29 is 4.74 Å². The number of nitrogens with zero attached hydrogens (tertiary/aromatic N) is 4. The molecule has 1 saturated heterocycles. The van der Waals surface area contributed by atoms with E-state index < -0.39 is 0 Å². The van der Waals surface area contributed by atoms with Gasteiger partial charge in [-0.15, -0.1) is 0 Å². The van der Waals surface area contributed by atoms with Gasteiger partial charge in [-0.1, -0.05) is 20.8 Å². The van der Waals surface area contributed by atoms with Crippen molar-refractivity contribution in [1.29, 1.82) is 0 Å². The van der Waals surface area contributed by atoms with Crippen LogP contribution in [0.3, 0.4) is 0 Å². The molecule has 2 atom stereocenters. The maximum Gasteiger partial charge on any atom is 0.191 e. The van der Waals surface area contributed by atoms with Crippen LogP contribution in [0.1, 0.15) is 27.2 Å². The molecule has 1 aromatic heterocycles. The minimum Gasteiger partial charge on any atom is -0.379 e. The lowest BCUT2D eigenvalue weighted by Crippen LogP contribution is -2.51. The molecule has 0 saturated carbocycles. The average Bonchev–Trinajstić information content (AvgIpc) is 3.14. The van der Waals surface area contributed by atoms with Gasteiger partial charge in [0.2, 0.25) is 0 Å². The summed E-state index contributed by atoms with van der Waals surface area (Å²) in [5.41, 5.74) is 0. The van der Waals surface area contributed by atoms with Gasteiger partial charge < -0.3 is 15.4 Å². The molecule has 1 aliphatic rings. The molecule has 1 aromatic rings. The second-order valence-electron chi connectivity index (χ2n) is 7.60. The molecule has 0 aliphatic carbocycles. The first-order valence-electron chi connectivity index (χ1n) is 9.82. The zero-order valence-corrected chi connectivity index (χ0v) is 16.8. The summed E-state index contributed by atoms with van der Waals surface area (Å²) in [6.07, 6.45) is 5.00. The molecule has 1 aliphatic heterocycles. The highest BCUT2D eigenvalue weighted by atomic mass is 16.5. The van der Waals surface area contributed by atoms with Crippen molar-refractivity contribution in [3.8, 4) is 0 Å². The Labute approximate surface area is 158 Å². The first-order valence-corrected chi connectivity index (χ1v) is 9.82. The molecule has 2 unspecified atom stereocenters. The Hall–Kier alpha value is -1.60. The molecule has 26 heavy (non-hydrogen) atoms. The van der Waals surface area contributed by atoms with Crippen LogP contribution in [0.25, 0.3) is 0 Å². The number of hydrogen-bond donors (Lipinski definition) is 2. The topological polar surface area (TPSA) is 66.7 Å². The minimum atomic E-state index is 0.471. The van der Waals surface area contributed by atoms with E-state index in [1.54, 1.807) is 0 Å². The number of aromatic nitrogens is 2. The van der Waals surface area contributed by atoms with Gasteiger partial charge in [0, 0.05) is 58.2 Å². The van der Waals surface area contributed by atoms with Gasteiger partial charge in [-0.3, -0.25) is 14.6 Å². The lowest BCUT2D eigenvalue weighted by atomic mass is 10.0. The second kappa shape index (κ2) is 11.2. The molecule has 2 rings (SSSR count). The van der Waals surface area contributed by atoms with Crippen LogP contribution in [0.4, 0.5) is 0 Å². The van der Waals surface area contributed by atoms with E-state index in [1.165, 1.54) is 6.42 Å². The monoisotopic (exact) mass is 364 g/mol. The summed E-state index contributed by atoms with van der Waals surface area (Å²) in [6.45, 7) is 13.2. The lowest BCUT2D eigenvalue weighted by Gasteiger charge is -2.35. The summed E-state index contributed by atoms with van der Waals surface area (Å²) in [6, 6.07) is 2.47. The van der Waals surface area contributed by atoms with Crippen molar-refractivity contribution in [1.82, 2.24) is 25.3 Å². The maximum absolute atomic E-state index is 5.50. The normalized spacial score (nSPS) is 18.7. The van der Waals surface area contributed by atoms with E-state index in [4.69, 9.17) is 4.74 Å². The molecule has 0 bridgehead atoms. The van der Waals surface area contributed by atoms with Crippen LogP contribution in [-0.4, -0.2) is 73.1 Å². The SMILES string of the molecule is CN=C(NCC(C)Cn1cccn1)NCC(CC(C)C)N1CCOCC1. The smallest absolute Gasteiger partial charge is 0.191 e. The molecule has 7 heteroatoms. The van der Waals surface area contributed by atoms with Crippen LogP contribution >= 0.6 is 0 Å². The predicted molar refractivity (Wildman–Crippen MR) is 106 cm³/mol. The summed E-state index contributed by atoms with van der Waals surface area (Å²) in [7, 11) is 1.83. The van der Waals surface area contributed by atoms with E-state index in [0.717, 1.165) is 51.9 Å². The molecule has 0 aromatic carbocycles. The van der Waals surface area contributed by atoms with E-state index in [1.807, 2.05) is 30.2 Å². The van der Waals surface area contributed by atoms with E-state index in [-0.39, 0.29) is 0 Å². The Kier molecular flexibility index (Phi) is 8.91. The van der Waals surface area contributed by atoms with Crippen molar-refractivity contribution in [2.45, 2.75) is 39.8 Å². The lowest BCUT2D eigenvalue weighted by molar-refractivity contribution is 0.0132. The van der Waals surface area contributed by atoms with Crippen molar-refractivity contribution in [2.75, 3.05) is 46.4 Å². The van der Waals surface area contributed by atoms with Crippen LogP contribution in [-0.2, 0) is 11.3 Å². The van der Waals surface area contributed by atoms with Crippen LogP contribution in [0.15, 0.2) is 23.5 Å². The quantitative estimate of drug-likeness (QED) is 0.513. The maximum atomic E-state index is 5.50. The summed E-state index contributed by atoms with van der Waals surface area (Å²) >= 11 is 0. The Bertz CT molecular complexity index is 510. The third kappa shape index (κ3) is 7.33. The highest BCUT2D eigenvalue weighted by Gasteiger charge is 2.22. The fourth-order valence-electron chi connectivity index (χ4n) is 3.35. The van der Waals surface area contributed by atoms with Crippen molar-refractivity contribution in [3.63, 3.8) is 0 Å². The van der Waals surface area contributed by atoms with Gasteiger partial charge in [0.05, 0.1) is 13.2 Å². The van der Waals surface area contributed by atoms with Crippen molar-refractivity contribution in [2.24, 2.45) is 16.8 Å². The number of ether oxygens (including phenoxy) is 1. The summed E-state index contributed by atoms with van der Waals surface area (Å²) in [5.74, 6) is 2.02. The Morgan fingerprint density at radius 2 is 1.92 bits per heavy atom. The van der Waals surface area contributed by atoms with Crippen LogP contribution in [0.2, 0.25) is 0 Å². The number of rotatable bonds is 9. The molecule has 1 fully saturated rings. The number of guanidine groups is 1. The summed E-state index contributed by atoms with van der Waals surface area (Å²) in [5, 5.41) is 11.2. The fraction of sp³-hybridized carbons (Fsp3) is 0.789. The predicted octanol–water partition coefficient (Wildman–Crippen LogP) is 1.43. The largest absolute Gasteiger partial charge is 0.379 e. The summed E-state index contributed by atoms with van der Waals surface area (Å²) in [4.78, 5) is 6.93. The molecule has 0 spiro atoms. The van der Waals surface area contributed by atoms with E-state index in [0.29, 0.717) is 17.9 Å². The Balaban J connectivity index is 1.77. The second-order valence-corrected chi connectivity index (χ2v) is 7.60. The van der Waals surface area contributed by atoms with Crippen LogP contribution in [0, 0.1) is 11.8 Å². The first-order chi connectivity index (χ1) is 12.6. The van der Waals surface area contributed by atoms with Crippen molar-refractivity contribution >= 4 is 5.96 Å². The fourth-order valence-corrected chi connectivity index (χ4v) is 3.35. The molecule has 0 amide bonds. The zero-order chi connectivity index (χ0) is 18.8. The van der Waals surface area contributed by atoms with Gasteiger partial charge in [0.1, 0.15) is 0 Å². The van der Waals surface area contributed by atoms with Gasteiger partial charge in [-0.05, 0) is 24.3 Å². The van der Waals surface area contributed by atoms with Gasteiger partial charge in [0.15, 0.2) is 5.96 Å². The molecular formula is C19H36N6O. The highest BCUT2D eigenvalue weighted by Crippen LogP contribution is 2.13. The van der Waals surface area contributed by atoms with Gasteiger partial charge in [-0.25, -0.2) is 0 Å². The molecule has 7 nitrogen and oxygen atoms in total. The molecule has 0 radical (unpaired) electrons. The third-order valence-corrected chi connectivity index (χ3v) is 4.71. The van der Waals surface area contributed by atoms with Gasteiger partial charge in [-0.2, -0.15) is 5.10 Å². The van der Waals surface area contributed by atoms with E-state index in [2.05, 4.69) is 46.4 Å². The third-order valence-electron chi connectivity index (χ3n) is 4.71. The molecule has 2 heterocycles. The Morgan fingerprint density at radius 3 is 2.54 bits per heavy atom. The van der Waals surface area contributed by atoms with E-state index in [9.17, 15) is 0 Å². The number of aliphatic imine (C=N–C) groups is 1. The number of nitrogens with one attached hydrogen (secondary N) is 2. The average molecular weight is 365 g/mol. The van der Waals surface area contributed by atoms with Crippen LogP contribution in [0.5, 0.6) is 0 Å². The first kappa shape index (κ1) is 20.7. The van der Waals surface area contributed by atoms with Gasteiger partial charge >= 0.3 is 0 Å². The molecular weight excluding hydrogens is 328 g/mol. The van der Waals surface area contributed by atoms with Crippen LogP contribution < -0.4 is 10.6 Å². The minimum absolute atomic E-state index is 0.471. The number of hydrogen-bond acceptors (Lipinski definition) is 4. The van der Waals surface area contributed by atoms with Crippen molar-refractivity contribution in [3.05, 3.63) is 18.5 Å². The summed E-state index contributed by atoms with van der Waals surface area (Å²) < 4.78 is 7.48. The molecule has 148 valence electrons. The number of morpholine rings is 1. The standard InChI is InChI=1S/C19H36N6O/c1-16(2)12-18(24-8-10-26-11-9-24)14-22-19(20-4)21-13-17(3)15-25-7-5-6-23-25/h5-7,16-18H,8-15H2,1-4H3,(H2,20,21,22).